The van der Waals surface area contributed by atoms with E-state index in [1.807, 2.05) is 24.3 Å². The lowest BCUT2D eigenvalue weighted by Gasteiger charge is -2.23. The van der Waals surface area contributed by atoms with Gasteiger partial charge in [0.2, 0.25) is 0 Å². The highest BCUT2D eigenvalue weighted by Gasteiger charge is 2.22. The highest BCUT2D eigenvalue weighted by molar-refractivity contribution is 8.04. The molecule has 1 atom stereocenters. The van der Waals surface area contributed by atoms with Crippen LogP contribution in [0.2, 0.25) is 0 Å². The van der Waals surface area contributed by atoms with E-state index in [0.29, 0.717) is 5.69 Å². The Hall–Kier alpha value is -1.81. The van der Waals surface area contributed by atoms with Crippen molar-refractivity contribution in [1.82, 2.24) is 0 Å². The summed E-state index contributed by atoms with van der Waals surface area (Å²) in [6, 6.07) is 13.4. The second-order valence-electron chi connectivity index (χ2n) is 3.87. The van der Waals surface area contributed by atoms with E-state index in [-0.39, 0.29) is 5.82 Å². The number of fused-ring (bicyclic) bond motifs is 1. The van der Waals surface area contributed by atoms with Crippen LogP contribution in [0.4, 0.5) is 10.1 Å². The van der Waals surface area contributed by atoms with E-state index < -0.39 is 9.71 Å². The summed E-state index contributed by atoms with van der Waals surface area (Å²) >= 11 is 0. The molecule has 0 fully saturated rings. The first-order valence-corrected chi connectivity index (χ1v) is 6.81. The topological polar surface area (TPSA) is 29.1 Å². The number of rotatable bonds is 2. The quantitative estimate of drug-likeness (QED) is 0.812. The van der Waals surface area contributed by atoms with E-state index >= 15 is 0 Å². The van der Waals surface area contributed by atoms with Gasteiger partial charge in [-0.1, -0.05) is 18.2 Å². The van der Waals surface area contributed by atoms with Gasteiger partial charge in [-0.15, -0.1) is 0 Å². The lowest BCUT2D eigenvalue weighted by atomic mass is 10.2. The first-order valence-electron chi connectivity index (χ1n) is 5.19. The summed E-state index contributed by atoms with van der Waals surface area (Å²) in [6.07, 6.45) is 0. The first-order chi connectivity index (χ1) is 8.17. The molecule has 0 bridgehead atoms. The smallest absolute Gasteiger partial charge is 0.123 e. The maximum Gasteiger partial charge on any atom is 0.123 e. The van der Waals surface area contributed by atoms with Gasteiger partial charge in [-0.05, 0) is 30.3 Å². The Morgan fingerprint density at radius 2 is 1.71 bits per heavy atom. The molecule has 17 heavy (non-hydrogen) atoms. The molecule has 1 aliphatic heterocycles. The molecule has 1 N–H and O–H groups in total. The Morgan fingerprint density at radius 3 is 2.41 bits per heavy atom. The van der Waals surface area contributed by atoms with Crippen molar-refractivity contribution in [3.63, 3.8) is 0 Å². The fraction of sp³-hybridized carbons (Fsp3) is 0. The van der Waals surface area contributed by atoms with Crippen molar-refractivity contribution in [2.75, 3.05) is 4.72 Å². The molecular formula is C13H10FNOS. The van der Waals surface area contributed by atoms with Crippen LogP contribution in [0.15, 0.2) is 53.4 Å². The molecule has 4 heteroatoms. The van der Waals surface area contributed by atoms with Crippen LogP contribution in [-0.4, -0.2) is 9.58 Å². The summed E-state index contributed by atoms with van der Waals surface area (Å²) < 4.78 is 28.1. The molecule has 0 radical (unpaired) electrons. The van der Waals surface area contributed by atoms with Gasteiger partial charge < -0.3 is 4.72 Å². The van der Waals surface area contributed by atoms with E-state index in [9.17, 15) is 8.60 Å². The fourth-order valence-electron chi connectivity index (χ4n) is 1.82. The molecule has 0 saturated carbocycles. The van der Waals surface area contributed by atoms with Crippen molar-refractivity contribution in [2.24, 2.45) is 0 Å². The largest absolute Gasteiger partial charge is 0.309 e. The van der Waals surface area contributed by atoms with Gasteiger partial charge >= 0.3 is 0 Å². The van der Waals surface area contributed by atoms with E-state index in [1.54, 1.807) is 17.5 Å². The van der Waals surface area contributed by atoms with Gasteiger partial charge in [0.1, 0.15) is 5.82 Å². The van der Waals surface area contributed by atoms with Crippen LogP contribution in [-0.2, 0) is 9.71 Å². The Kier molecular flexibility index (Phi) is 2.19. The molecule has 0 amide bonds. The van der Waals surface area contributed by atoms with E-state index in [1.165, 1.54) is 12.1 Å². The minimum Gasteiger partial charge on any atom is -0.309 e. The Morgan fingerprint density at radius 1 is 1.00 bits per heavy atom. The second kappa shape index (κ2) is 3.60. The Bertz CT molecular complexity index is 685. The lowest BCUT2D eigenvalue weighted by Crippen LogP contribution is -2.25. The Balaban J connectivity index is 1.94. The van der Waals surface area contributed by atoms with Crippen molar-refractivity contribution in [1.29, 1.82) is 0 Å². The van der Waals surface area contributed by atoms with Crippen LogP contribution in [0, 0.1) is 5.82 Å². The predicted octanol–water partition coefficient (Wildman–Crippen LogP) is 2.66. The average Bonchev–Trinajstić information content (AvgIpc) is 2.31. The van der Waals surface area contributed by atoms with Crippen molar-refractivity contribution < 1.29 is 8.60 Å². The Labute approximate surface area is 99.2 Å². The minimum absolute atomic E-state index is 0.302. The highest BCUT2D eigenvalue weighted by Crippen LogP contribution is 2.26. The number of hydrogen-bond donors (Lipinski definition) is 1. The molecule has 1 heterocycles. The monoisotopic (exact) mass is 247 g/mol. The third-order valence-corrected chi connectivity index (χ3v) is 4.80. The van der Waals surface area contributed by atoms with Gasteiger partial charge in [0, 0.05) is 16.6 Å². The summed E-state index contributed by atoms with van der Waals surface area (Å²) in [5.41, 5.74) is 1.65. The summed E-state index contributed by atoms with van der Waals surface area (Å²) in [6.45, 7) is 0. The van der Waals surface area contributed by atoms with Crippen LogP contribution >= 0.6 is 0 Å². The van der Waals surface area contributed by atoms with Gasteiger partial charge in [-0.25, -0.2) is 8.60 Å². The highest BCUT2D eigenvalue weighted by atomic mass is 32.2. The molecule has 2 nitrogen and oxygen atoms in total. The van der Waals surface area contributed by atoms with Gasteiger partial charge in [0.05, 0.1) is 14.6 Å². The van der Waals surface area contributed by atoms with Gasteiger partial charge in [0.25, 0.3) is 0 Å². The van der Waals surface area contributed by atoms with Gasteiger partial charge in [-0.2, -0.15) is 0 Å². The summed E-state index contributed by atoms with van der Waals surface area (Å²) in [4.78, 5) is 0.810. The van der Waals surface area contributed by atoms with Crippen LogP contribution in [0.3, 0.4) is 0 Å². The first kappa shape index (κ1) is 10.4. The molecule has 0 spiro atoms. The molecule has 3 rings (SSSR count). The number of benzene rings is 2. The normalized spacial score (nSPS) is 21.0. The number of nitrogens with one attached hydrogen (secondary N) is 1. The van der Waals surface area contributed by atoms with Crippen molar-refractivity contribution in [2.45, 2.75) is 4.90 Å². The zero-order valence-electron chi connectivity index (χ0n) is 8.89. The minimum atomic E-state index is -2.31. The number of halogens is 1. The van der Waals surface area contributed by atoms with Crippen molar-refractivity contribution in [3.8, 4) is 0 Å². The maximum atomic E-state index is 12.7. The second-order valence-corrected chi connectivity index (χ2v) is 5.95. The van der Waals surface area contributed by atoms with Crippen molar-refractivity contribution >= 4 is 20.8 Å². The zero-order chi connectivity index (χ0) is 11.9. The van der Waals surface area contributed by atoms with Gasteiger partial charge in [-0.3, -0.25) is 0 Å². The summed E-state index contributed by atoms with van der Waals surface area (Å²) in [5, 5.41) is 1.71. The molecule has 1 unspecified atom stereocenters. The molecule has 1 aliphatic rings. The molecule has 86 valence electrons. The van der Waals surface area contributed by atoms with Crippen LogP contribution < -0.4 is 4.72 Å². The number of hydrogen-bond acceptors (Lipinski definition) is 1. The fourth-order valence-corrected chi connectivity index (χ4v) is 3.73. The standard InChI is InChI=1S/C13H10FNOS/c14-11-5-7-12(8-6-11)15-17(16)9-10-3-1-2-4-13(10)17/h1-9H,(H,15,16). The number of anilines is 1. The SMILES string of the molecule is O=S1(Nc2ccc(F)cc2)=Cc2ccccc21. The van der Waals surface area contributed by atoms with E-state index in [4.69, 9.17) is 0 Å². The van der Waals surface area contributed by atoms with Crippen LogP contribution in [0.5, 0.6) is 0 Å². The van der Waals surface area contributed by atoms with Crippen LogP contribution in [0.25, 0.3) is 0 Å². The molecular weight excluding hydrogens is 237 g/mol. The zero-order valence-corrected chi connectivity index (χ0v) is 9.71. The molecule has 0 aliphatic carbocycles. The lowest BCUT2D eigenvalue weighted by molar-refractivity contribution is 0.628. The molecule has 2 aromatic rings. The molecule has 0 aromatic heterocycles. The molecule has 2 aromatic carbocycles. The summed E-state index contributed by atoms with van der Waals surface area (Å²) in [5.74, 6) is -0.302. The van der Waals surface area contributed by atoms with Crippen LogP contribution in [0.1, 0.15) is 5.56 Å². The van der Waals surface area contributed by atoms with E-state index in [2.05, 4.69) is 4.72 Å². The predicted molar refractivity (Wildman–Crippen MR) is 68.0 cm³/mol. The van der Waals surface area contributed by atoms with Gasteiger partial charge in [0.15, 0.2) is 0 Å². The average molecular weight is 247 g/mol. The molecule has 0 saturated heterocycles. The third-order valence-electron chi connectivity index (χ3n) is 2.65. The van der Waals surface area contributed by atoms with Crippen molar-refractivity contribution in [3.05, 3.63) is 59.9 Å². The van der Waals surface area contributed by atoms with E-state index in [0.717, 1.165) is 10.5 Å². The third kappa shape index (κ3) is 1.70. The summed E-state index contributed by atoms with van der Waals surface area (Å²) in [7, 11) is -2.31. The maximum absolute atomic E-state index is 12.7.